The lowest BCUT2D eigenvalue weighted by Gasteiger charge is -2.21. The highest BCUT2D eigenvalue weighted by Gasteiger charge is 2.12. The lowest BCUT2D eigenvalue weighted by molar-refractivity contribution is -0.116. The third-order valence-corrected chi connectivity index (χ3v) is 3.14. The van der Waals surface area contributed by atoms with E-state index in [1.807, 2.05) is 43.3 Å². The van der Waals surface area contributed by atoms with E-state index in [0.717, 1.165) is 16.5 Å². The van der Waals surface area contributed by atoms with Crippen molar-refractivity contribution < 1.29 is 9.53 Å². The summed E-state index contributed by atoms with van der Waals surface area (Å²) in [5, 5.41) is 2.05. The predicted octanol–water partition coefficient (Wildman–Crippen LogP) is 3.22. The normalized spacial score (nSPS) is 10.1. The van der Waals surface area contributed by atoms with Crippen molar-refractivity contribution >= 4 is 22.4 Å². The van der Waals surface area contributed by atoms with Gasteiger partial charge in [-0.15, -0.1) is 6.42 Å². The van der Waals surface area contributed by atoms with Gasteiger partial charge in [-0.05, 0) is 30.5 Å². The maximum atomic E-state index is 11.7. The highest BCUT2D eigenvalue weighted by Crippen LogP contribution is 2.30. The number of carbonyl (C=O) groups is 1. The molecule has 0 aliphatic rings. The summed E-state index contributed by atoms with van der Waals surface area (Å²) < 4.78 is 5.45. The van der Waals surface area contributed by atoms with Crippen molar-refractivity contribution in [1.82, 2.24) is 0 Å². The van der Waals surface area contributed by atoms with Crippen LogP contribution in [0.3, 0.4) is 0 Å². The second kappa shape index (κ2) is 6.12. The van der Waals surface area contributed by atoms with Crippen LogP contribution >= 0.6 is 0 Å². The Morgan fingerprint density at radius 2 is 2.15 bits per heavy atom. The largest absolute Gasteiger partial charge is 0.481 e. The maximum Gasteiger partial charge on any atom is 0.223 e. The molecule has 0 radical (unpaired) electrons. The number of hydrogen-bond acceptors (Lipinski definition) is 2. The van der Waals surface area contributed by atoms with Gasteiger partial charge < -0.3 is 9.64 Å². The predicted molar refractivity (Wildman–Crippen MR) is 82.0 cm³/mol. The minimum Gasteiger partial charge on any atom is -0.481 e. The molecule has 0 saturated carbocycles. The summed E-state index contributed by atoms with van der Waals surface area (Å²) in [6.07, 6.45) is 5.20. The summed E-state index contributed by atoms with van der Waals surface area (Å²) >= 11 is 0. The Morgan fingerprint density at radius 3 is 2.80 bits per heavy atom. The topological polar surface area (TPSA) is 29.5 Å². The van der Waals surface area contributed by atoms with Crippen molar-refractivity contribution in [3.8, 4) is 18.1 Å². The van der Waals surface area contributed by atoms with E-state index in [1.54, 1.807) is 11.8 Å². The standard InChI is InChI=1S/C17H17NO2/c1-4-11-20-15-10-9-14-7-6-8-17(16(14)12-15)18(5-2)13(3)19/h1,6-10,12H,5,11H2,2-3H3. The average Bonchev–Trinajstić information content (AvgIpc) is 2.45. The number of carbonyl (C=O) groups excluding carboxylic acids is 1. The van der Waals surface area contributed by atoms with Crippen LogP contribution in [0.4, 0.5) is 5.69 Å². The van der Waals surface area contributed by atoms with Crippen molar-refractivity contribution in [2.24, 2.45) is 0 Å². The molecule has 1 amide bonds. The number of benzene rings is 2. The first kappa shape index (κ1) is 14.0. The second-order valence-corrected chi connectivity index (χ2v) is 4.42. The first-order valence-corrected chi connectivity index (χ1v) is 6.54. The van der Waals surface area contributed by atoms with Gasteiger partial charge in [0.05, 0.1) is 5.69 Å². The van der Waals surface area contributed by atoms with Crippen LogP contribution in [-0.2, 0) is 4.79 Å². The molecule has 2 aromatic rings. The summed E-state index contributed by atoms with van der Waals surface area (Å²) in [5.74, 6) is 3.18. The molecule has 0 unspecified atom stereocenters. The quantitative estimate of drug-likeness (QED) is 0.796. The van der Waals surface area contributed by atoms with Crippen molar-refractivity contribution in [2.75, 3.05) is 18.1 Å². The Labute approximate surface area is 119 Å². The molecule has 0 atom stereocenters. The zero-order chi connectivity index (χ0) is 14.5. The molecule has 0 aliphatic carbocycles. The number of terminal acetylenes is 1. The van der Waals surface area contributed by atoms with Gasteiger partial charge in [0.25, 0.3) is 0 Å². The Kier molecular flexibility index (Phi) is 4.27. The van der Waals surface area contributed by atoms with Crippen LogP contribution in [-0.4, -0.2) is 19.1 Å². The maximum absolute atomic E-state index is 11.7. The van der Waals surface area contributed by atoms with Gasteiger partial charge in [-0.1, -0.05) is 24.1 Å². The minimum atomic E-state index is 0.0231. The highest BCUT2D eigenvalue weighted by atomic mass is 16.5. The molecule has 3 heteroatoms. The third-order valence-electron chi connectivity index (χ3n) is 3.14. The first-order valence-electron chi connectivity index (χ1n) is 6.54. The van der Waals surface area contributed by atoms with E-state index >= 15 is 0 Å². The minimum absolute atomic E-state index is 0.0231. The Bertz CT molecular complexity index is 670. The molecule has 0 spiro atoms. The summed E-state index contributed by atoms with van der Waals surface area (Å²) in [6, 6.07) is 11.7. The van der Waals surface area contributed by atoms with Gasteiger partial charge in [0, 0.05) is 18.9 Å². The van der Waals surface area contributed by atoms with Crippen LogP contribution in [0.2, 0.25) is 0 Å². The fraction of sp³-hybridized carbons (Fsp3) is 0.235. The number of fused-ring (bicyclic) bond motifs is 1. The summed E-state index contributed by atoms with van der Waals surface area (Å²) in [4.78, 5) is 13.5. The van der Waals surface area contributed by atoms with E-state index in [2.05, 4.69) is 5.92 Å². The fourth-order valence-corrected chi connectivity index (χ4v) is 2.25. The summed E-state index contributed by atoms with van der Waals surface area (Å²) in [7, 11) is 0. The second-order valence-electron chi connectivity index (χ2n) is 4.42. The fourth-order valence-electron chi connectivity index (χ4n) is 2.25. The van der Waals surface area contributed by atoms with Crippen LogP contribution < -0.4 is 9.64 Å². The molecule has 20 heavy (non-hydrogen) atoms. The number of amides is 1. The molecule has 0 aliphatic heterocycles. The van der Waals surface area contributed by atoms with Gasteiger partial charge >= 0.3 is 0 Å². The number of nitrogens with zero attached hydrogens (tertiary/aromatic N) is 1. The van der Waals surface area contributed by atoms with Crippen molar-refractivity contribution in [1.29, 1.82) is 0 Å². The Morgan fingerprint density at radius 1 is 1.35 bits per heavy atom. The molecule has 0 saturated heterocycles. The third kappa shape index (κ3) is 2.75. The Hall–Kier alpha value is -2.47. The average molecular weight is 267 g/mol. The highest BCUT2D eigenvalue weighted by molar-refractivity contribution is 6.03. The smallest absolute Gasteiger partial charge is 0.223 e. The van der Waals surface area contributed by atoms with Gasteiger partial charge in [-0.2, -0.15) is 0 Å². The summed E-state index contributed by atoms with van der Waals surface area (Å²) in [6.45, 7) is 4.39. The number of ether oxygens (including phenoxy) is 1. The molecule has 2 rings (SSSR count). The molecule has 0 fully saturated rings. The molecule has 2 aromatic carbocycles. The van der Waals surface area contributed by atoms with Crippen LogP contribution in [0.1, 0.15) is 13.8 Å². The SMILES string of the molecule is C#CCOc1ccc2cccc(N(CC)C(C)=O)c2c1. The summed E-state index contributed by atoms with van der Waals surface area (Å²) in [5.41, 5.74) is 0.892. The van der Waals surface area contributed by atoms with Crippen molar-refractivity contribution in [3.05, 3.63) is 36.4 Å². The number of anilines is 1. The molecule has 0 bridgehead atoms. The van der Waals surface area contributed by atoms with E-state index < -0.39 is 0 Å². The zero-order valence-corrected chi connectivity index (χ0v) is 11.7. The Balaban J connectivity index is 2.54. The first-order chi connectivity index (χ1) is 9.67. The van der Waals surface area contributed by atoms with Gasteiger partial charge in [0.2, 0.25) is 5.91 Å². The van der Waals surface area contributed by atoms with Gasteiger partial charge in [-0.3, -0.25) is 4.79 Å². The molecule has 0 N–H and O–H groups in total. The van der Waals surface area contributed by atoms with E-state index in [1.165, 1.54) is 0 Å². The van der Waals surface area contributed by atoms with Crippen molar-refractivity contribution in [3.63, 3.8) is 0 Å². The van der Waals surface area contributed by atoms with E-state index in [9.17, 15) is 4.79 Å². The van der Waals surface area contributed by atoms with Crippen LogP contribution in [0.25, 0.3) is 10.8 Å². The van der Waals surface area contributed by atoms with Crippen LogP contribution in [0.15, 0.2) is 36.4 Å². The van der Waals surface area contributed by atoms with Crippen LogP contribution in [0, 0.1) is 12.3 Å². The zero-order valence-electron chi connectivity index (χ0n) is 11.7. The molecule has 102 valence electrons. The monoisotopic (exact) mass is 267 g/mol. The van der Waals surface area contributed by atoms with Gasteiger partial charge in [-0.25, -0.2) is 0 Å². The molecule has 0 aromatic heterocycles. The molecular formula is C17H17NO2. The van der Waals surface area contributed by atoms with E-state index in [4.69, 9.17) is 11.2 Å². The van der Waals surface area contributed by atoms with Crippen LogP contribution in [0.5, 0.6) is 5.75 Å². The number of hydrogen-bond donors (Lipinski definition) is 0. The number of rotatable bonds is 4. The molecule has 3 nitrogen and oxygen atoms in total. The lowest BCUT2D eigenvalue weighted by Crippen LogP contribution is -2.28. The van der Waals surface area contributed by atoms with Gasteiger partial charge in [0.15, 0.2) is 0 Å². The van der Waals surface area contributed by atoms with Gasteiger partial charge in [0.1, 0.15) is 12.4 Å². The molecular weight excluding hydrogens is 250 g/mol. The van der Waals surface area contributed by atoms with E-state index in [0.29, 0.717) is 12.3 Å². The molecule has 0 heterocycles. The lowest BCUT2D eigenvalue weighted by atomic mass is 10.1. The van der Waals surface area contributed by atoms with E-state index in [-0.39, 0.29) is 12.5 Å². The van der Waals surface area contributed by atoms with Crippen molar-refractivity contribution in [2.45, 2.75) is 13.8 Å².